The van der Waals surface area contributed by atoms with Crippen LogP contribution in [0.2, 0.25) is 0 Å². The third-order valence-electron chi connectivity index (χ3n) is 9.67. The number of rotatable bonds is 17. The number of carbonyl (C=O) groups excluding carboxylic acids is 1. The van der Waals surface area contributed by atoms with E-state index in [0.717, 1.165) is 60.7 Å². The Morgan fingerprint density at radius 2 is 1.15 bits per heavy atom. The summed E-state index contributed by atoms with van der Waals surface area (Å²) in [7, 11) is -20.6. The number of phenolic OH excluding ortho intramolecular Hbond substituents is 1. The van der Waals surface area contributed by atoms with Gasteiger partial charge in [0.05, 0.1) is 21.0 Å². The Bertz CT molecular complexity index is 3730. The van der Waals surface area contributed by atoms with Crippen molar-refractivity contribution in [3.63, 3.8) is 0 Å². The predicted octanol–water partition coefficient (Wildman–Crippen LogP) is 4.47. The monoisotopic (exact) mass is 1060 g/mol. The second-order valence-corrected chi connectivity index (χ2v) is 20.1. The molecule has 0 radical (unpaired) electrons. The number of hydrogen-bond donors (Lipinski definition) is 7. The molecule has 3 atom stereocenters. The maximum absolute atomic E-state index is 13.4. The molecule has 370 valence electrons. The molecule has 0 bridgehead atoms. The highest BCUT2D eigenvalue weighted by atomic mass is 32.2. The first-order valence-electron chi connectivity index (χ1n) is 19.0. The molecule has 34 heteroatoms. The van der Waals surface area contributed by atoms with Crippen molar-refractivity contribution in [2.75, 3.05) is 18.2 Å². The van der Waals surface area contributed by atoms with Crippen molar-refractivity contribution in [3.05, 3.63) is 78.4 Å². The van der Waals surface area contributed by atoms with Gasteiger partial charge in [0.2, 0.25) is 18.6 Å². The minimum absolute atomic E-state index is 0.0553. The summed E-state index contributed by atoms with van der Waals surface area (Å²) >= 11 is 0. The van der Waals surface area contributed by atoms with Crippen molar-refractivity contribution in [2.45, 2.75) is 38.2 Å². The fourth-order valence-electron chi connectivity index (χ4n) is 6.32. The molecule has 3 aliphatic rings. The van der Waals surface area contributed by atoms with Crippen LogP contribution in [-0.4, -0.2) is 123 Å². The summed E-state index contributed by atoms with van der Waals surface area (Å²) in [5.41, 5.74) is -4.75. The summed E-state index contributed by atoms with van der Waals surface area (Å²) in [4.78, 5) is 33.5. The number of hydrogen-bond acceptors (Lipinski definition) is 23. The molecule has 0 spiro atoms. The highest BCUT2D eigenvalue weighted by Crippen LogP contribution is 2.48. The first kappa shape index (κ1) is 49.6. The zero-order chi connectivity index (χ0) is 51.5. The van der Waals surface area contributed by atoms with Crippen LogP contribution in [0.15, 0.2) is 128 Å². The minimum atomic E-state index is -5.57. The van der Waals surface area contributed by atoms with Gasteiger partial charge in [-0.3, -0.25) is 23.0 Å². The Morgan fingerprint density at radius 3 is 1.66 bits per heavy atom. The molecule has 1 amide bonds. The predicted molar refractivity (Wildman–Crippen MR) is 231 cm³/mol. The summed E-state index contributed by atoms with van der Waals surface area (Å²) in [5.74, 6) is -6.37. The molecule has 0 aliphatic carbocycles. The van der Waals surface area contributed by atoms with Crippen LogP contribution in [-0.2, 0) is 59.5 Å². The van der Waals surface area contributed by atoms with E-state index >= 15 is 0 Å². The molecule has 8 rings (SSSR count). The number of phenols is 1. The summed E-state index contributed by atoms with van der Waals surface area (Å²) in [6.45, 7) is 0.132. The zero-order valence-electron chi connectivity index (χ0n) is 34.5. The van der Waals surface area contributed by atoms with Crippen molar-refractivity contribution in [3.8, 4) is 17.2 Å². The molecule has 5 aromatic carbocycles. The molecule has 7 N–H and O–H groups in total. The number of azo groups is 3. The fourth-order valence-corrected chi connectivity index (χ4v) is 8.78. The van der Waals surface area contributed by atoms with Crippen LogP contribution in [0, 0.1) is 0 Å². The third-order valence-corrected chi connectivity index (χ3v) is 13.2. The van der Waals surface area contributed by atoms with Gasteiger partial charge < -0.3 is 34.3 Å². The number of fused-ring (bicyclic) bond motifs is 1. The molecule has 3 heterocycles. The smallest absolute Gasteiger partial charge is 0.355 e. The van der Waals surface area contributed by atoms with Crippen molar-refractivity contribution in [1.82, 2.24) is 0 Å². The average molecular weight is 1060 g/mol. The lowest BCUT2D eigenvalue weighted by Crippen LogP contribution is -2.33. The van der Waals surface area contributed by atoms with Gasteiger partial charge in [-0.05, 0) is 60.7 Å². The van der Waals surface area contributed by atoms with Crippen LogP contribution < -0.4 is 14.5 Å². The number of aromatic carboxylic acids is 1. The highest BCUT2D eigenvalue weighted by Gasteiger charge is 2.41. The van der Waals surface area contributed by atoms with Crippen LogP contribution in [0.1, 0.15) is 10.4 Å². The summed E-state index contributed by atoms with van der Waals surface area (Å²) in [6, 6.07) is 8.33. The summed E-state index contributed by atoms with van der Waals surface area (Å²) < 4.78 is 159. The topological polar surface area (TPSA) is 463 Å². The van der Waals surface area contributed by atoms with E-state index in [-0.39, 0.29) is 41.8 Å². The molecule has 71 heavy (non-hydrogen) atoms. The van der Waals surface area contributed by atoms with E-state index < -0.39 is 141 Å². The van der Waals surface area contributed by atoms with Crippen LogP contribution in [0.3, 0.4) is 0 Å². The molecule has 30 nitrogen and oxygen atoms in total. The van der Waals surface area contributed by atoms with E-state index in [0.29, 0.717) is 17.1 Å². The molecule has 2 saturated heterocycles. The standard InChI is InChI=1S/C37H26N8O22S4/c46-33-18-6-8-22(39-43-31-32(37(50)51)44-45(35(31)47)15-1-3-16(4-2-15)68(52,53)54)34(71(61,62)63)19(18)10-27(70(58,59)60)30(33)42-41-24-12-25(66-28-13-64-28)23(11-26(24)67-29-14-65-29)40-38-21-7-5-17(69(55,56)57)9-20(21)36(48)49/h1-12,28-29,31,46H,13-14H2,(H,48,49)(H,50,51)(H,52,53,54)(H,55,56,57)(H,58,59,60)(H,61,62,63). The van der Waals surface area contributed by atoms with Crippen molar-refractivity contribution in [2.24, 2.45) is 35.8 Å². The Hall–Kier alpha value is -7.80. The molecule has 2 fully saturated rings. The third kappa shape index (κ3) is 10.7. The Kier molecular flexibility index (Phi) is 12.7. The second kappa shape index (κ2) is 18.2. The number of ether oxygens (including phenoxy) is 4. The van der Waals surface area contributed by atoms with Gasteiger partial charge in [-0.2, -0.15) is 54.0 Å². The number of aliphatic carboxylic acids is 1. The molecular weight excluding hydrogens is 1040 g/mol. The number of aromatic hydroxyl groups is 1. The largest absolute Gasteiger partial charge is 0.505 e. The molecule has 5 aromatic rings. The summed E-state index contributed by atoms with van der Waals surface area (Å²) in [5, 5.41) is 56.6. The number of anilines is 1. The first-order valence-corrected chi connectivity index (χ1v) is 24.8. The van der Waals surface area contributed by atoms with Gasteiger partial charge in [0, 0.05) is 22.9 Å². The van der Waals surface area contributed by atoms with Crippen LogP contribution in [0.5, 0.6) is 17.2 Å². The van der Waals surface area contributed by atoms with Crippen LogP contribution in [0.25, 0.3) is 10.8 Å². The van der Waals surface area contributed by atoms with E-state index in [9.17, 15) is 81.6 Å². The Labute approximate surface area is 395 Å². The normalized spacial score (nSPS) is 18.4. The fraction of sp³-hybridized carbons (Fsp3) is 0.135. The van der Waals surface area contributed by atoms with Crippen molar-refractivity contribution in [1.29, 1.82) is 0 Å². The van der Waals surface area contributed by atoms with E-state index in [2.05, 4.69) is 35.8 Å². The maximum atomic E-state index is 13.4. The lowest BCUT2D eigenvalue weighted by Gasteiger charge is -2.14. The van der Waals surface area contributed by atoms with Crippen LogP contribution in [0.4, 0.5) is 34.1 Å². The van der Waals surface area contributed by atoms with E-state index in [4.69, 9.17) is 18.9 Å². The highest BCUT2D eigenvalue weighted by molar-refractivity contribution is 7.87. The number of hydrazone groups is 1. The number of nitrogens with zero attached hydrogens (tertiary/aromatic N) is 8. The maximum Gasteiger partial charge on any atom is 0.355 e. The quantitative estimate of drug-likeness (QED) is 0.0383. The lowest BCUT2D eigenvalue weighted by molar-refractivity contribution is -0.130. The first-order chi connectivity index (χ1) is 33.2. The SMILES string of the molecule is O=C(O)C1=NN(c2ccc(S(=O)(=O)O)cc2)C(=O)C1N=Nc1ccc2c(O)c(N=Nc3cc(OC4CO4)c(N=Nc4ccc(S(=O)(=O)O)cc4C(=O)O)cc3OC3CO3)c(S(=O)(=O)O)cc2c1S(=O)(=O)O. The van der Waals surface area contributed by atoms with Gasteiger partial charge in [-0.25, -0.2) is 9.59 Å². The van der Waals surface area contributed by atoms with Gasteiger partial charge in [0.1, 0.15) is 51.4 Å². The van der Waals surface area contributed by atoms with E-state index in [1.165, 1.54) is 0 Å². The van der Waals surface area contributed by atoms with Gasteiger partial charge in [0.15, 0.2) is 23.0 Å². The number of carboxylic acids is 2. The number of benzene rings is 5. The Balaban J connectivity index is 1.19. The van der Waals surface area contributed by atoms with Crippen LogP contribution >= 0.6 is 0 Å². The van der Waals surface area contributed by atoms with Crippen molar-refractivity contribution >= 4 is 109 Å². The molecule has 3 aliphatic heterocycles. The Morgan fingerprint density at radius 1 is 0.620 bits per heavy atom. The van der Waals surface area contributed by atoms with Gasteiger partial charge >= 0.3 is 11.9 Å². The molecule has 3 unspecified atom stereocenters. The van der Waals surface area contributed by atoms with E-state index in [1.807, 2.05) is 0 Å². The van der Waals surface area contributed by atoms with Gasteiger partial charge in [0.25, 0.3) is 46.4 Å². The molecular formula is C37H26N8O22S4. The molecule has 0 saturated carbocycles. The summed E-state index contributed by atoms with van der Waals surface area (Å²) in [6.07, 6.45) is -1.76. The van der Waals surface area contributed by atoms with E-state index in [1.54, 1.807) is 0 Å². The second-order valence-electron chi connectivity index (χ2n) is 14.5. The number of carbonyl (C=O) groups is 3. The molecule has 0 aromatic heterocycles. The lowest BCUT2D eigenvalue weighted by atomic mass is 10.1. The zero-order valence-corrected chi connectivity index (χ0v) is 37.8. The van der Waals surface area contributed by atoms with Crippen molar-refractivity contribution < 1.29 is 101 Å². The minimum Gasteiger partial charge on any atom is -0.505 e. The average Bonchev–Trinajstić information content (AvgIpc) is 4.23. The van der Waals surface area contributed by atoms with Gasteiger partial charge in [-0.1, -0.05) is 0 Å². The number of amides is 1. The van der Waals surface area contributed by atoms with Gasteiger partial charge in [-0.15, -0.1) is 20.5 Å². The number of carboxylic acid groups (broad SMARTS) is 2. The number of epoxide rings is 2.